The van der Waals surface area contributed by atoms with Gasteiger partial charge in [-0.3, -0.25) is 4.79 Å². The molecule has 2 aromatic rings. The van der Waals surface area contributed by atoms with Crippen LogP contribution in [0.5, 0.6) is 5.75 Å². The Morgan fingerprint density at radius 1 is 1.23 bits per heavy atom. The monoisotopic (exact) mass is 409 g/mol. The molecule has 3 heterocycles. The van der Waals surface area contributed by atoms with Gasteiger partial charge in [-0.2, -0.15) is 0 Å². The fourth-order valence-corrected chi connectivity index (χ4v) is 5.46. The third kappa shape index (κ3) is 3.33. The molecule has 5 nitrogen and oxygen atoms in total. The first kappa shape index (κ1) is 19.4. The summed E-state index contributed by atoms with van der Waals surface area (Å²) in [5, 5.41) is 3.03. The lowest BCUT2D eigenvalue weighted by Crippen LogP contribution is -2.49. The number of para-hydroxylation sites is 1. The highest BCUT2D eigenvalue weighted by atomic mass is 19.1. The summed E-state index contributed by atoms with van der Waals surface area (Å²) in [7, 11) is 0. The number of halogens is 1. The van der Waals surface area contributed by atoms with Crippen molar-refractivity contribution in [3.63, 3.8) is 0 Å². The molecule has 158 valence electrons. The highest BCUT2D eigenvalue weighted by Crippen LogP contribution is 2.49. The number of hydrogen-bond donors (Lipinski definition) is 1. The molecular formula is C24H28FN3O2. The summed E-state index contributed by atoms with van der Waals surface area (Å²) in [6, 6.07) is 9.76. The number of ether oxygens (including phenoxy) is 1. The summed E-state index contributed by atoms with van der Waals surface area (Å²) < 4.78 is 19.4. The van der Waals surface area contributed by atoms with Crippen LogP contribution in [0.25, 0.3) is 0 Å². The van der Waals surface area contributed by atoms with E-state index in [1.54, 1.807) is 0 Å². The number of likely N-dealkylation sites (tertiary alicyclic amines) is 1. The summed E-state index contributed by atoms with van der Waals surface area (Å²) in [6.45, 7) is 7.91. The van der Waals surface area contributed by atoms with E-state index in [1.807, 2.05) is 19.9 Å². The van der Waals surface area contributed by atoms with Crippen LogP contribution < -0.4 is 15.0 Å². The summed E-state index contributed by atoms with van der Waals surface area (Å²) in [5.74, 6) is 1.13. The van der Waals surface area contributed by atoms with Gasteiger partial charge in [0.2, 0.25) is 5.91 Å². The van der Waals surface area contributed by atoms with Crippen LogP contribution in [0.15, 0.2) is 30.3 Å². The minimum Gasteiger partial charge on any atom is -0.493 e. The minimum absolute atomic E-state index is 0.0891. The Balaban J connectivity index is 1.20. The van der Waals surface area contributed by atoms with Gasteiger partial charge in [-0.15, -0.1) is 0 Å². The number of aryl methyl sites for hydroxylation is 2. The van der Waals surface area contributed by atoms with E-state index in [2.05, 4.69) is 27.2 Å². The predicted molar refractivity (Wildman–Crippen MR) is 116 cm³/mol. The summed E-state index contributed by atoms with van der Waals surface area (Å²) in [6.07, 6.45) is 2.01. The molecule has 6 heteroatoms. The molecule has 1 N–H and O–H groups in total. The van der Waals surface area contributed by atoms with Crippen molar-refractivity contribution in [1.29, 1.82) is 0 Å². The lowest BCUT2D eigenvalue weighted by Gasteiger charge is -2.39. The Labute approximate surface area is 176 Å². The molecule has 3 aliphatic rings. The van der Waals surface area contributed by atoms with Gasteiger partial charge in [-0.1, -0.05) is 12.1 Å². The van der Waals surface area contributed by atoms with Gasteiger partial charge in [0.05, 0.1) is 24.5 Å². The van der Waals surface area contributed by atoms with Crippen LogP contribution in [0.1, 0.15) is 35.4 Å². The number of piperidine rings is 1. The van der Waals surface area contributed by atoms with E-state index >= 15 is 0 Å². The average molecular weight is 410 g/mol. The third-order valence-corrected chi connectivity index (χ3v) is 6.69. The first-order chi connectivity index (χ1) is 14.5. The maximum atomic E-state index is 13.5. The van der Waals surface area contributed by atoms with Crippen molar-refractivity contribution in [2.75, 3.05) is 43.0 Å². The second-order valence-electron chi connectivity index (χ2n) is 8.75. The second kappa shape index (κ2) is 7.58. The number of nitrogens with zero attached hydrogens (tertiary/aromatic N) is 2. The fraction of sp³-hybridized carbons (Fsp3) is 0.458. The molecule has 30 heavy (non-hydrogen) atoms. The largest absolute Gasteiger partial charge is 0.493 e. The Morgan fingerprint density at radius 3 is 2.83 bits per heavy atom. The Bertz CT molecular complexity index is 969. The van der Waals surface area contributed by atoms with Gasteiger partial charge < -0.3 is 19.9 Å². The highest BCUT2D eigenvalue weighted by Gasteiger charge is 2.44. The van der Waals surface area contributed by atoms with E-state index in [0.29, 0.717) is 25.1 Å². The molecule has 1 fully saturated rings. The van der Waals surface area contributed by atoms with Crippen molar-refractivity contribution in [2.24, 2.45) is 0 Å². The maximum absolute atomic E-state index is 13.5. The molecule has 0 unspecified atom stereocenters. The number of anilines is 2. The fourth-order valence-electron chi connectivity index (χ4n) is 5.46. The lowest BCUT2D eigenvalue weighted by atomic mass is 9.89. The molecular weight excluding hydrogens is 381 g/mol. The molecule has 0 spiro atoms. The van der Waals surface area contributed by atoms with Gasteiger partial charge in [0, 0.05) is 31.6 Å². The molecule has 5 rings (SSSR count). The maximum Gasteiger partial charge on any atom is 0.243 e. The van der Waals surface area contributed by atoms with Gasteiger partial charge >= 0.3 is 0 Å². The van der Waals surface area contributed by atoms with E-state index in [9.17, 15) is 9.18 Å². The van der Waals surface area contributed by atoms with Crippen molar-refractivity contribution in [3.05, 3.63) is 52.8 Å². The molecule has 0 aromatic heterocycles. The zero-order valence-electron chi connectivity index (χ0n) is 17.6. The van der Waals surface area contributed by atoms with Crippen molar-refractivity contribution in [1.82, 2.24) is 4.90 Å². The first-order valence-corrected chi connectivity index (χ1v) is 10.8. The molecule has 1 amide bonds. The number of benzene rings is 2. The number of amides is 1. The van der Waals surface area contributed by atoms with E-state index in [1.165, 1.54) is 23.4 Å². The van der Waals surface area contributed by atoms with Gasteiger partial charge in [-0.05, 0) is 61.6 Å². The zero-order valence-corrected chi connectivity index (χ0v) is 17.6. The van der Waals surface area contributed by atoms with Gasteiger partial charge in [-0.25, -0.2) is 4.39 Å². The van der Waals surface area contributed by atoms with Crippen LogP contribution >= 0.6 is 0 Å². The van der Waals surface area contributed by atoms with Crippen LogP contribution in [0.2, 0.25) is 0 Å². The van der Waals surface area contributed by atoms with Gasteiger partial charge in [0.25, 0.3) is 0 Å². The van der Waals surface area contributed by atoms with Crippen molar-refractivity contribution in [3.8, 4) is 5.75 Å². The zero-order chi connectivity index (χ0) is 20.8. The molecule has 0 radical (unpaired) electrons. The minimum atomic E-state index is -0.213. The summed E-state index contributed by atoms with van der Waals surface area (Å²) >= 11 is 0. The standard InChI is InChI=1S/C24H28FN3O2/c1-15-11-17(25)12-16(2)24(15)30-10-4-8-27-9-7-21-19(13-27)18-5-3-6-20-23(18)28(21)14-22(29)26-20/h3,5-6,11-12,19,21H,4,7-10,13-14H2,1-2H3,(H,26,29)/t19-,21-/m0/s1. The SMILES string of the molecule is Cc1cc(F)cc(C)c1OCCCN1CC[C@H]2[C@@H](C1)c1cccc3c1N2CC(=O)N3. The predicted octanol–water partition coefficient (Wildman–Crippen LogP) is 3.84. The second-order valence-corrected chi connectivity index (χ2v) is 8.75. The van der Waals surface area contributed by atoms with Crippen LogP contribution in [0, 0.1) is 19.7 Å². The quantitative estimate of drug-likeness (QED) is 0.762. The van der Waals surface area contributed by atoms with E-state index in [-0.39, 0.29) is 11.7 Å². The Hall–Kier alpha value is -2.60. The number of fused-ring (bicyclic) bond motifs is 3. The number of rotatable bonds is 5. The number of hydrogen-bond acceptors (Lipinski definition) is 4. The topological polar surface area (TPSA) is 44.8 Å². The van der Waals surface area contributed by atoms with Crippen LogP contribution in [0.3, 0.4) is 0 Å². The molecule has 0 aliphatic carbocycles. The van der Waals surface area contributed by atoms with Crippen LogP contribution in [0.4, 0.5) is 15.8 Å². The molecule has 0 saturated carbocycles. The van der Waals surface area contributed by atoms with Crippen molar-refractivity contribution < 1.29 is 13.9 Å². The number of carbonyl (C=O) groups is 1. The van der Waals surface area contributed by atoms with Crippen LogP contribution in [-0.2, 0) is 4.79 Å². The van der Waals surface area contributed by atoms with E-state index in [0.717, 1.165) is 55.0 Å². The Morgan fingerprint density at radius 2 is 2.03 bits per heavy atom. The molecule has 0 bridgehead atoms. The summed E-state index contributed by atoms with van der Waals surface area (Å²) in [5.41, 5.74) is 5.26. The number of carbonyl (C=O) groups excluding carboxylic acids is 1. The summed E-state index contributed by atoms with van der Waals surface area (Å²) in [4.78, 5) is 17.0. The smallest absolute Gasteiger partial charge is 0.243 e. The highest BCUT2D eigenvalue weighted by molar-refractivity contribution is 6.03. The molecule has 1 saturated heterocycles. The van der Waals surface area contributed by atoms with E-state index < -0.39 is 0 Å². The van der Waals surface area contributed by atoms with Crippen LogP contribution in [-0.4, -0.2) is 49.6 Å². The van der Waals surface area contributed by atoms with Crippen molar-refractivity contribution >= 4 is 17.3 Å². The Kier molecular flexibility index (Phi) is 4.89. The number of nitrogens with one attached hydrogen (secondary N) is 1. The van der Waals surface area contributed by atoms with Gasteiger partial charge in [0.15, 0.2) is 0 Å². The lowest BCUT2D eigenvalue weighted by molar-refractivity contribution is -0.115. The molecule has 3 aliphatic heterocycles. The van der Waals surface area contributed by atoms with Gasteiger partial charge in [0.1, 0.15) is 11.6 Å². The first-order valence-electron chi connectivity index (χ1n) is 10.8. The average Bonchev–Trinajstić information content (AvgIpc) is 3.01. The molecule has 2 atom stereocenters. The van der Waals surface area contributed by atoms with Crippen molar-refractivity contribution in [2.45, 2.75) is 38.6 Å². The third-order valence-electron chi connectivity index (χ3n) is 6.69. The van der Waals surface area contributed by atoms with E-state index in [4.69, 9.17) is 4.74 Å². The molecule has 2 aromatic carbocycles. The normalized spacial score (nSPS) is 22.5.